The zero-order chi connectivity index (χ0) is 24.1. The number of rotatable bonds is 5. The Bertz CT molecular complexity index is 1070. The van der Waals surface area contributed by atoms with E-state index in [1.165, 1.54) is 12.1 Å². The maximum absolute atomic E-state index is 14.7. The number of hydrogen-bond acceptors (Lipinski definition) is 3. The van der Waals surface area contributed by atoms with Crippen molar-refractivity contribution in [1.82, 2.24) is 5.32 Å². The van der Waals surface area contributed by atoms with Gasteiger partial charge in [-0.15, -0.1) is 0 Å². The Kier molecular flexibility index (Phi) is 6.50. The number of carbonyl (C=O) groups excluding carboxylic acids is 1. The Morgan fingerprint density at radius 1 is 1.15 bits per heavy atom. The molecule has 2 aliphatic rings. The summed E-state index contributed by atoms with van der Waals surface area (Å²) >= 11 is 17.8. The topological polar surface area (TPSA) is 52.6 Å². The first kappa shape index (κ1) is 24.4. The van der Waals surface area contributed by atoms with Crippen LogP contribution >= 0.6 is 34.8 Å². The number of nitrogens with one attached hydrogen (secondary N) is 1. The van der Waals surface area contributed by atoms with Gasteiger partial charge in [-0.25, -0.2) is 4.39 Å². The molecule has 1 saturated carbocycles. The summed E-state index contributed by atoms with van der Waals surface area (Å²) in [5.74, 6) is -0.876. The van der Waals surface area contributed by atoms with Gasteiger partial charge in [-0.05, 0) is 49.1 Å². The van der Waals surface area contributed by atoms with Crippen molar-refractivity contribution >= 4 is 46.4 Å². The van der Waals surface area contributed by atoms with E-state index in [4.69, 9.17) is 34.8 Å². The van der Waals surface area contributed by atoms with Crippen LogP contribution in [0.1, 0.15) is 30.4 Å². The van der Waals surface area contributed by atoms with E-state index in [9.17, 15) is 27.5 Å². The van der Waals surface area contributed by atoms with Crippen molar-refractivity contribution in [3.05, 3.63) is 62.3 Å². The van der Waals surface area contributed by atoms with Crippen LogP contribution in [0.3, 0.4) is 0 Å². The number of aliphatic hydroxyl groups is 1. The number of benzene rings is 2. The fraction of sp³-hybridized carbons (Fsp3) is 0.409. The number of anilines is 1. The maximum atomic E-state index is 14.7. The molecule has 0 bridgehead atoms. The normalized spacial score (nSPS) is 23.2. The van der Waals surface area contributed by atoms with Gasteiger partial charge in [-0.3, -0.25) is 4.79 Å². The lowest BCUT2D eigenvalue weighted by atomic mass is 9.77. The number of nitrogens with zero attached hydrogens (tertiary/aromatic N) is 1. The van der Waals surface area contributed by atoms with Gasteiger partial charge in [0, 0.05) is 30.3 Å². The Morgan fingerprint density at radius 2 is 1.79 bits per heavy atom. The monoisotopic (exact) mass is 524 g/mol. The lowest BCUT2D eigenvalue weighted by molar-refractivity contribution is -0.210. The molecule has 0 spiro atoms. The van der Waals surface area contributed by atoms with Crippen LogP contribution in [-0.4, -0.2) is 30.0 Å². The number of halogens is 7. The second kappa shape index (κ2) is 8.80. The molecule has 1 unspecified atom stereocenters. The fourth-order valence-corrected chi connectivity index (χ4v) is 4.77. The molecule has 1 saturated heterocycles. The summed E-state index contributed by atoms with van der Waals surface area (Å²) in [6, 6.07) is 5.94. The van der Waals surface area contributed by atoms with E-state index >= 15 is 0 Å². The average Bonchev–Trinajstić information content (AvgIpc) is 3.52. The molecule has 1 heterocycles. The number of aliphatic hydroxyl groups excluding tert-OH is 1. The summed E-state index contributed by atoms with van der Waals surface area (Å²) in [5.41, 5.74) is -2.77. The lowest BCUT2D eigenvalue weighted by Gasteiger charge is -2.37. The molecule has 1 aliphatic heterocycles. The Labute approximate surface area is 202 Å². The molecule has 2 fully saturated rings. The van der Waals surface area contributed by atoms with Gasteiger partial charge in [0.2, 0.25) is 5.91 Å². The number of hydrogen-bond donors (Lipinski definition) is 2. The van der Waals surface area contributed by atoms with Crippen LogP contribution < -0.4 is 10.2 Å². The second-order valence-electron chi connectivity index (χ2n) is 8.31. The minimum absolute atomic E-state index is 0.0295. The molecule has 0 aromatic heterocycles. The molecule has 1 aliphatic carbocycles. The first-order valence-electron chi connectivity index (χ1n) is 10.2. The van der Waals surface area contributed by atoms with E-state index in [0.717, 1.165) is 35.9 Å². The minimum Gasteiger partial charge on any atom is -0.372 e. The van der Waals surface area contributed by atoms with Gasteiger partial charge in [0.25, 0.3) is 0 Å². The Balaban J connectivity index is 1.63. The van der Waals surface area contributed by atoms with Gasteiger partial charge in [0.15, 0.2) is 0 Å². The summed E-state index contributed by atoms with van der Waals surface area (Å²) in [7, 11) is 0. The SMILES string of the molecule is O=C(NCc1ccc(N2CC[C@@](c3cc(Cl)c(Cl)c(Cl)c3)(C(F)(F)F)C2O)cc1F)C1CC1. The molecule has 4 nitrogen and oxygen atoms in total. The van der Waals surface area contributed by atoms with E-state index in [-0.39, 0.29) is 56.8 Å². The third kappa shape index (κ3) is 4.38. The molecule has 178 valence electrons. The minimum atomic E-state index is -4.87. The largest absolute Gasteiger partial charge is 0.402 e. The predicted molar refractivity (Wildman–Crippen MR) is 118 cm³/mol. The average molecular weight is 526 g/mol. The van der Waals surface area contributed by atoms with Crippen LogP contribution in [0.5, 0.6) is 0 Å². The highest BCUT2D eigenvalue weighted by Crippen LogP contribution is 2.53. The van der Waals surface area contributed by atoms with Gasteiger partial charge < -0.3 is 15.3 Å². The van der Waals surface area contributed by atoms with Crippen LogP contribution in [0.2, 0.25) is 15.1 Å². The van der Waals surface area contributed by atoms with E-state index in [1.54, 1.807) is 0 Å². The predicted octanol–water partition coefficient (Wildman–Crippen LogP) is 5.84. The van der Waals surface area contributed by atoms with Crippen molar-refractivity contribution in [2.75, 3.05) is 11.4 Å². The second-order valence-corrected chi connectivity index (χ2v) is 9.50. The molecular formula is C22H19Cl3F4N2O2. The molecule has 2 atom stereocenters. The first-order chi connectivity index (χ1) is 15.5. The van der Waals surface area contributed by atoms with Crippen LogP contribution in [0.4, 0.5) is 23.2 Å². The van der Waals surface area contributed by atoms with Gasteiger partial charge in [0.1, 0.15) is 17.5 Å². The number of amides is 1. The van der Waals surface area contributed by atoms with Crippen molar-refractivity contribution in [2.45, 2.75) is 43.6 Å². The summed E-state index contributed by atoms with van der Waals surface area (Å²) in [6.45, 7) is -0.228. The summed E-state index contributed by atoms with van der Waals surface area (Å²) in [6.07, 6.45) is -5.82. The highest BCUT2D eigenvalue weighted by Gasteiger charge is 2.65. The summed E-state index contributed by atoms with van der Waals surface area (Å²) < 4.78 is 57.8. The molecule has 0 radical (unpaired) electrons. The van der Waals surface area contributed by atoms with E-state index < -0.39 is 30.1 Å². The van der Waals surface area contributed by atoms with Gasteiger partial charge >= 0.3 is 6.18 Å². The molecule has 2 N–H and O–H groups in total. The van der Waals surface area contributed by atoms with Crippen LogP contribution in [-0.2, 0) is 16.8 Å². The van der Waals surface area contributed by atoms with Crippen LogP contribution in [0.15, 0.2) is 30.3 Å². The van der Waals surface area contributed by atoms with Crippen molar-refractivity contribution in [3.63, 3.8) is 0 Å². The third-order valence-electron chi connectivity index (χ3n) is 6.26. The van der Waals surface area contributed by atoms with Gasteiger partial charge in [-0.2, -0.15) is 13.2 Å². The molecular weight excluding hydrogens is 507 g/mol. The molecule has 2 aromatic rings. The molecule has 11 heteroatoms. The van der Waals surface area contributed by atoms with Gasteiger partial charge in [-0.1, -0.05) is 40.9 Å². The Morgan fingerprint density at radius 3 is 2.33 bits per heavy atom. The molecule has 4 rings (SSSR count). The van der Waals surface area contributed by atoms with Crippen molar-refractivity contribution in [3.8, 4) is 0 Å². The van der Waals surface area contributed by atoms with E-state index in [1.807, 2.05) is 0 Å². The van der Waals surface area contributed by atoms with Crippen molar-refractivity contribution < 1.29 is 27.5 Å². The molecule has 2 aromatic carbocycles. The Hall–Kier alpha value is -1.74. The van der Waals surface area contributed by atoms with Gasteiger partial charge in [0.05, 0.1) is 15.1 Å². The molecule has 1 amide bonds. The third-order valence-corrected chi connectivity index (χ3v) is 7.45. The van der Waals surface area contributed by atoms with Crippen LogP contribution in [0, 0.1) is 11.7 Å². The first-order valence-corrected chi connectivity index (χ1v) is 11.3. The van der Waals surface area contributed by atoms with E-state index in [0.29, 0.717) is 0 Å². The summed E-state index contributed by atoms with van der Waals surface area (Å²) in [5, 5.41) is 13.1. The highest BCUT2D eigenvalue weighted by molar-refractivity contribution is 6.48. The smallest absolute Gasteiger partial charge is 0.372 e. The molecule has 33 heavy (non-hydrogen) atoms. The standard InChI is InChI=1S/C22H19Cl3F4N2O2/c23-15-7-13(8-16(24)18(15)25)21(22(27,28)29)5-6-31(20(21)33)14-4-3-12(17(26)9-14)10-30-19(32)11-1-2-11/h3-4,7-9,11,20,33H,1-2,5-6,10H2,(H,30,32)/t20?,21-/m0/s1. The van der Waals surface area contributed by atoms with Crippen molar-refractivity contribution in [1.29, 1.82) is 0 Å². The quantitative estimate of drug-likeness (QED) is 0.381. The zero-order valence-electron chi connectivity index (χ0n) is 17.0. The maximum Gasteiger partial charge on any atom is 0.402 e. The van der Waals surface area contributed by atoms with Crippen molar-refractivity contribution in [2.24, 2.45) is 5.92 Å². The lowest BCUT2D eigenvalue weighted by Crippen LogP contribution is -2.52. The number of carbonyl (C=O) groups is 1. The number of alkyl halides is 3. The zero-order valence-corrected chi connectivity index (χ0v) is 19.3. The highest BCUT2D eigenvalue weighted by atomic mass is 35.5. The van der Waals surface area contributed by atoms with Crippen LogP contribution in [0.25, 0.3) is 0 Å². The van der Waals surface area contributed by atoms with E-state index in [2.05, 4.69) is 5.32 Å². The fourth-order valence-electron chi connectivity index (χ4n) is 4.17. The summed E-state index contributed by atoms with van der Waals surface area (Å²) in [4.78, 5) is 12.9.